The molecule has 2 aromatic rings. The molecule has 3 heterocycles. The van der Waals surface area contributed by atoms with Gasteiger partial charge in [0, 0.05) is 23.0 Å². The van der Waals surface area contributed by atoms with Crippen LogP contribution < -0.4 is 0 Å². The second-order valence-corrected chi connectivity index (χ2v) is 11.4. The Hall–Kier alpha value is -1.99. The molecule has 1 N–H and O–H groups in total. The molecule has 2 fully saturated rings. The Morgan fingerprint density at radius 1 is 1.03 bits per heavy atom. The lowest BCUT2D eigenvalue weighted by molar-refractivity contribution is -0.137. The lowest BCUT2D eigenvalue weighted by Crippen LogP contribution is -2.33. The predicted molar refractivity (Wildman–Crippen MR) is 120 cm³/mol. The van der Waals surface area contributed by atoms with Gasteiger partial charge in [-0.1, -0.05) is 19.3 Å². The number of ether oxygens (including phenoxy) is 1. The maximum absolute atomic E-state index is 13.1. The van der Waals surface area contributed by atoms with Crippen molar-refractivity contribution in [1.29, 1.82) is 0 Å². The summed E-state index contributed by atoms with van der Waals surface area (Å²) in [4.78, 5) is 9.35. The van der Waals surface area contributed by atoms with Gasteiger partial charge in [-0.2, -0.15) is 13.2 Å². The van der Waals surface area contributed by atoms with Crippen molar-refractivity contribution in [3.8, 4) is 0 Å². The molecule has 2 aromatic heterocycles. The topological polar surface area (TPSA) is 55.2 Å². The number of hydrogen-bond donors (Lipinski definition) is 1. The Labute approximate surface area is 198 Å². The van der Waals surface area contributed by atoms with Crippen molar-refractivity contribution in [1.82, 2.24) is 9.97 Å². The second-order valence-electron chi connectivity index (χ2n) is 11.4. The van der Waals surface area contributed by atoms with Gasteiger partial charge < -0.3 is 9.84 Å². The van der Waals surface area contributed by atoms with Gasteiger partial charge in [0.2, 0.25) is 0 Å². The first kappa shape index (κ1) is 22.5. The number of aliphatic hydroxyl groups is 1. The van der Waals surface area contributed by atoms with Crippen LogP contribution in [0.1, 0.15) is 123 Å². The SMILES string of the molecule is CC1(C)O[C@H](c2ccc(C(F)(F)F)cn2)c2c1nc1c(c2C2CCC2)[C@@H](O)CC2(CCCC2)C1. The zero-order valence-electron chi connectivity index (χ0n) is 19.7. The minimum absolute atomic E-state index is 0.141. The largest absolute Gasteiger partial charge is 0.417 e. The number of alkyl halides is 3. The summed E-state index contributed by atoms with van der Waals surface area (Å²) in [6, 6.07) is 2.50. The van der Waals surface area contributed by atoms with E-state index in [4.69, 9.17) is 9.72 Å². The normalized spacial score (nSPS) is 27.5. The van der Waals surface area contributed by atoms with E-state index in [0.29, 0.717) is 11.6 Å². The number of pyridine rings is 2. The van der Waals surface area contributed by atoms with Gasteiger partial charge in [0.1, 0.15) is 11.7 Å². The van der Waals surface area contributed by atoms with E-state index in [1.54, 1.807) is 0 Å². The third kappa shape index (κ3) is 3.41. The summed E-state index contributed by atoms with van der Waals surface area (Å²) in [5.74, 6) is 0.326. The van der Waals surface area contributed by atoms with Gasteiger partial charge in [-0.3, -0.25) is 9.97 Å². The number of fused-ring (bicyclic) bond motifs is 2. The first-order chi connectivity index (χ1) is 16.1. The highest BCUT2D eigenvalue weighted by Crippen LogP contribution is 2.57. The third-order valence-electron chi connectivity index (χ3n) is 8.70. The van der Waals surface area contributed by atoms with Crippen molar-refractivity contribution >= 4 is 0 Å². The van der Waals surface area contributed by atoms with Crippen LogP contribution in [0.15, 0.2) is 18.3 Å². The highest BCUT2D eigenvalue weighted by molar-refractivity contribution is 5.52. The smallest absolute Gasteiger partial charge is 0.388 e. The molecule has 0 amide bonds. The standard InChI is InChI=1S/C27H31F3N2O2/c1-25(2)24-22(23(34-25)17-9-8-16(14-31-17)27(28,29)30)20(15-6-5-7-15)21-18(32-24)12-26(13-19(21)33)10-3-4-11-26/h8-9,14-15,19,23,33H,3-7,10-13H2,1-2H3/t19-,23+/m0/s1. The Morgan fingerprint density at radius 3 is 2.35 bits per heavy atom. The maximum atomic E-state index is 13.1. The van der Waals surface area contributed by atoms with Crippen LogP contribution in [-0.2, 0) is 22.9 Å². The number of halogens is 3. The lowest BCUT2D eigenvalue weighted by atomic mass is 9.66. The van der Waals surface area contributed by atoms with Crippen LogP contribution in [0.3, 0.4) is 0 Å². The summed E-state index contributed by atoms with van der Waals surface area (Å²) >= 11 is 0. The van der Waals surface area contributed by atoms with Gasteiger partial charge in [0.05, 0.1) is 23.1 Å². The minimum atomic E-state index is -4.43. The molecule has 0 aromatic carbocycles. The average molecular weight is 473 g/mol. The summed E-state index contributed by atoms with van der Waals surface area (Å²) in [6.45, 7) is 3.95. The van der Waals surface area contributed by atoms with Crippen molar-refractivity contribution < 1.29 is 23.0 Å². The van der Waals surface area contributed by atoms with Gasteiger partial charge >= 0.3 is 6.18 Å². The number of rotatable bonds is 2. The molecule has 3 aliphatic carbocycles. The van der Waals surface area contributed by atoms with Crippen molar-refractivity contribution in [2.24, 2.45) is 5.41 Å². The van der Waals surface area contributed by atoms with E-state index in [1.807, 2.05) is 13.8 Å². The number of nitrogens with zero attached hydrogens (tertiary/aromatic N) is 2. The van der Waals surface area contributed by atoms with E-state index in [9.17, 15) is 18.3 Å². The highest BCUT2D eigenvalue weighted by atomic mass is 19.4. The van der Waals surface area contributed by atoms with Gasteiger partial charge in [0.25, 0.3) is 0 Å². The second kappa shape index (κ2) is 7.50. The zero-order valence-corrected chi connectivity index (χ0v) is 19.7. The summed E-state index contributed by atoms with van der Waals surface area (Å²) in [5, 5.41) is 11.5. The molecule has 4 nitrogen and oxygen atoms in total. The first-order valence-electron chi connectivity index (χ1n) is 12.5. The average Bonchev–Trinajstić information content (AvgIpc) is 3.27. The quantitative estimate of drug-likeness (QED) is 0.531. The minimum Gasteiger partial charge on any atom is -0.388 e. The predicted octanol–water partition coefficient (Wildman–Crippen LogP) is 6.66. The molecule has 0 unspecified atom stereocenters. The van der Waals surface area contributed by atoms with Gasteiger partial charge in [-0.05, 0) is 81.4 Å². The Bertz CT molecular complexity index is 1120. The fourth-order valence-corrected chi connectivity index (χ4v) is 6.84. The van der Waals surface area contributed by atoms with E-state index in [-0.39, 0.29) is 5.41 Å². The third-order valence-corrected chi connectivity index (χ3v) is 8.70. The molecule has 4 aliphatic rings. The molecule has 34 heavy (non-hydrogen) atoms. The van der Waals surface area contributed by atoms with E-state index >= 15 is 0 Å². The molecular formula is C27H31F3N2O2. The summed E-state index contributed by atoms with van der Waals surface area (Å²) in [7, 11) is 0. The fraction of sp³-hybridized carbons (Fsp3) is 0.630. The zero-order chi connectivity index (χ0) is 23.9. The van der Waals surface area contributed by atoms with E-state index < -0.39 is 29.5 Å². The fourth-order valence-electron chi connectivity index (χ4n) is 6.84. The van der Waals surface area contributed by atoms with E-state index in [1.165, 1.54) is 18.9 Å². The number of aromatic nitrogens is 2. The molecule has 2 atom stereocenters. The Kier molecular flexibility index (Phi) is 4.96. The molecule has 1 aliphatic heterocycles. The molecule has 0 saturated heterocycles. The molecule has 6 rings (SSSR count). The van der Waals surface area contributed by atoms with E-state index in [2.05, 4.69) is 4.98 Å². The van der Waals surface area contributed by atoms with Crippen LogP contribution in [0, 0.1) is 5.41 Å². The van der Waals surface area contributed by atoms with Crippen molar-refractivity contribution in [3.63, 3.8) is 0 Å². The van der Waals surface area contributed by atoms with Crippen molar-refractivity contribution in [3.05, 3.63) is 57.7 Å². The van der Waals surface area contributed by atoms with Crippen LogP contribution in [0.2, 0.25) is 0 Å². The van der Waals surface area contributed by atoms with Crippen LogP contribution in [0.5, 0.6) is 0 Å². The number of aliphatic hydroxyl groups excluding tert-OH is 1. The monoisotopic (exact) mass is 472 g/mol. The van der Waals surface area contributed by atoms with Crippen LogP contribution in [0.25, 0.3) is 0 Å². The van der Waals surface area contributed by atoms with Crippen LogP contribution in [0.4, 0.5) is 13.2 Å². The lowest BCUT2D eigenvalue weighted by Gasteiger charge is -2.41. The van der Waals surface area contributed by atoms with Crippen LogP contribution >= 0.6 is 0 Å². The Morgan fingerprint density at radius 2 is 1.76 bits per heavy atom. The number of hydrogen-bond acceptors (Lipinski definition) is 4. The van der Waals surface area contributed by atoms with Gasteiger partial charge in [-0.25, -0.2) is 0 Å². The van der Waals surface area contributed by atoms with Crippen molar-refractivity contribution in [2.45, 2.75) is 102 Å². The molecule has 7 heteroatoms. The molecule has 1 spiro atoms. The summed E-state index contributed by atoms with van der Waals surface area (Å²) < 4.78 is 45.9. The molecular weight excluding hydrogens is 441 g/mol. The molecule has 2 saturated carbocycles. The molecule has 0 radical (unpaired) electrons. The maximum Gasteiger partial charge on any atom is 0.417 e. The first-order valence-corrected chi connectivity index (χ1v) is 12.5. The van der Waals surface area contributed by atoms with Crippen LogP contribution in [-0.4, -0.2) is 15.1 Å². The summed E-state index contributed by atoms with van der Waals surface area (Å²) in [5.41, 5.74) is 4.06. The highest BCUT2D eigenvalue weighted by Gasteiger charge is 2.49. The van der Waals surface area contributed by atoms with Gasteiger partial charge in [0.15, 0.2) is 0 Å². The van der Waals surface area contributed by atoms with Crippen molar-refractivity contribution in [2.75, 3.05) is 0 Å². The van der Waals surface area contributed by atoms with Gasteiger partial charge in [-0.15, -0.1) is 0 Å². The molecule has 182 valence electrons. The summed E-state index contributed by atoms with van der Waals surface area (Å²) in [6.07, 6.45) is 4.91. The molecule has 0 bridgehead atoms. The van der Waals surface area contributed by atoms with E-state index in [0.717, 1.165) is 85.3 Å². The Balaban J connectivity index is 1.51.